The Morgan fingerprint density at radius 1 is 1.17 bits per heavy atom. The van der Waals surface area contributed by atoms with E-state index in [2.05, 4.69) is 0 Å². The molecule has 0 aromatic heterocycles. The predicted molar refractivity (Wildman–Crippen MR) is 67.9 cm³/mol. The number of rotatable bonds is 2. The number of ether oxygens (including phenoxy) is 1. The lowest BCUT2D eigenvalue weighted by atomic mass is 9.67. The number of hydrogen-bond acceptors (Lipinski definition) is 4. The summed E-state index contributed by atoms with van der Waals surface area (Å²) in [5, 5.41) is 13.6. The fraction of sp³-hybridized carbons (Fsp3) is 0.923. The van der Waals surface area contributed by atoms with Gasteiger partial charge in [-0.3, -0.25) is 4.79 Å². The molecular formula is C13H25N2O3. The summed E-state index contributed by atoms with van der Waals surface area (Å²) in [6, 6.07) is 0. The first-order chi connectivity index (χ1) is 8.06. The van der Waals surface area contributed by atoms with Gasteiger partial charge in [-0.25, -0.2) is 0 Å². The van der Waals surface area contributed by atoms with E-state index in [0.717, 1.165) is 5.06 Å². The van der Waals surface area contributed by atoms with Gasteiger partial charge in [0.1, 0.15) is 6.10 Å². The average Bonchev–Trinajstić information content (AvgIpc) is 2.31. The van der Waals surface area contributed by atoms with Crippen LogP contribution in [0.2, 0.25) is 0 Å². The van der Waals surface area contributed by atoms with Crippen LogP contribution in [0.15, 0.2) is 0 Å². The summed E-state index contributed by atoms with van der Waals surface area (Å²) < 4.78 is 5.46. The molecule has 1 radical (unpaired) electrons. The lowest BCUT2D eigenvalue weighted by Crippen LogP contribution is -2.68. The molecule has 1 aliphatic heterocycles. The van der Waals surface area contributed by atoms with Crippen molar-refractivity contribution in [3.8, 4) is 0 Å². The van der Waals surface area contributed by atoms with Crippen molar-refractivity contribution in [1.82, 2.24) is 5.06 Å². The zero-order valence-corrected chi connectivity index (χ0v) is 12.2. The van der Waals surface area contributed by atoms with Gasteiger partial charge >= 0.3 is 5.97 Å². The smallest absolute Gasteiger partial charge is 0.319 e. The monoisotopic (exact) mass is 257 g/mol. The lowest BCUT2D eigenvalue weighted by Gasteiger charge is -2.56. The highest BCUT2D eigenvalue weighted by Crippen LogP contribution is 2.45. The fourth-order valence-electron chi connectivity index (χ4n) is 2.75. The number of nitrogens with zero attached hydrogens (tertiary/aromatic N) is 1. The highest BCUT2D eigenvalue weighted by Gasteiger charge is 2.56. The molecule has 0 amide bonds. The molecule has 0 aromatic carbocycles. The van der Waals surface area contributed by atoms with Crippen molar-refractivity contribution in [2.75, 3.05) is 6.54 Å². The minimum Gasteiger partial charge on any atom is -0.461 e. The molecule has 1 heterocycles. The van der Waals surface area contributed by atoms with Crippen LogP contribution in [0.25, 0.3) is 0 Å². The maximum Gasteiger partial charge on any atom is 0.319 e. The first-order valence-electron chi connectivity index (χ1n) is 6.43. The minimum absolute atomic E-state index is 0.0477. The normalized spacial score (nSPS) is 35.2. The summed E-state index contributed by atoms with van der Waals surface area (Å²) >= 11 is 0. The third-order valence-corrected chi connectivity index (χ3v) is 4.70. The van der Waals surface area contributed by atoms with Crippen LogP contribution in [0.3, 0.4) is 0 Å². The summed E-state index contributed by atoms with van der Waals surface area (Å²) in [6.45, 7) is 11.3. The van der Waals surface area contributed by atoms with E-state index in [1.54, 1.807) is 0 Å². The highest BCUT2D eigenvalue weighted by molar-refractivity contribution is 5.71. The van der Waals surface area contributed by atoms with Crippen LogP contribution in [0.5, 0.6) is 0 Å². The second kappa shape index (κ2) is 4.79. The van der Waals surface area contributed by atoms with Crippen molar-refractivity contribution in [2.45, 2.75) is 58.7 Å². The van der Waals surface area contributed by atoms with Gasteiger partial charge in [0.2, 0.25) is 0 Å². The predicted octanol–water partition coefficient (Wildman–Crippen LogP) is 1.35. The van der Waals surface area contributed by atoms with Crippen molar-refractivity contribution >= 4 is 5.97 Å². The Balaban J connectivity index is 3.07. The van der Waals surface area contributed by atoms with Gasteiger partial charge in [-0.05, 0) is 27.7 Å². The zero-order chi connectivity index (χ0) is 14.3. The Kier molecular flexibility index (Phi) is 4.10. The summed E-state index contributed by atoms with van der Waals surface area (Å²) in [7, 11) is 0. The molecule has 2 N–H and O–H groups in total. The van der Waals surface area contributed by atoms with Gasteiger partial charge in [-0.15, -0.1) is 10.3 Å². The summed E-state index contributed by atoms with van der Waals surface area (Å²) in [6.07, 6.45) is -0.281. The van der Waals surface area contributed by atoms with E-state index in [4.69, 9.17) is 10.5 Å². The standard InChI is InChI=1S/C13H25N2O3/c1-8-11(18-10(16)7-14)9(2)13(5,6)15(17)12(8,3)4/h8-9,11H,7,14H2,1-6H3. The molecule has 0 aromatic rings. The molecule has 1 fully saturated rings. The first-order valence-corrected chi connectivity index (χ1v) is 6.43. The number of hydroxylamine groups is 2. The third kappa shape index (κ3) is 2.27. The summed E-state index contributed by atoms with van der Waals surface area (Å²) in [5.74, 6) is -0.508. The van der Waals surface area contributed by atoms with Gasteiger partial charge in [0.15, 0.2) is 0 Å². The molecule has 0 saturated carbocycles. The van der Waals surface area contributed by atoms with Gasteiger partial charge in [-0.2, -0.15) is 0 Å². The van der Waals surface area contributed by atoms with E-state index in [1.165, 1.54) is 0 Å². The number of esters is 1. The lowest BCUT2D eigenvalue weighted by molar-refractivity contribution is -0.330. The Labute approximate surface area is 109 Å². The SMILES string of the molecule is CC1C(OC(=O)CN)C(C)C(C)(C)N([O])C1(C)C. The van der Waals surface area contributed by atoms with Crippen molar-refractivity contribution in [3.05, 3.63) is 0 Å². The van der Waals surface area contributed by atoms with E-state index in [1.807, 2.05) is 41.5 Å². The van der Waals surface area contributed by atoms with Gasteiger partial charge < -0.3 is 10.5 Å². The van der Waals surface area contributed by atoms with E-state index < -0.39 is 17.0 Å². The Morgan fingerprint density at radius 3 is 1.89 bits per heavy atom. The van der Waals surface area contributed by atoms with Gasteiger partial charge in [0, 0.05) is 11.8 Å². The second-order valence-electron chi connectivity index (χ2n) is 6.34. The van der Waals surface area contributed by atoms with Crippen LogP contribution >= 0.6 is 0 Å². The molecule has 0 bridgehead atoms. The molecule has 1 rings (SSSR count). The largest absolute Gasteiger partial charge is 0.461 e. The van der Waals surface area contributed by atoms with Crippen LogP contribution in [0.1, 0.15) is 41.5 Å². The van der Waals surface area contributed by atoms with Crippen LogP contribution in [0.4, 0.5) is 0 Å². The van der Waals surface area contributed by atoms with Crippen LogP contribution in [-0.4, -0.2) is 34.8 Å². The van der Waals surface area contributed by atoms with E-state index in [0.29, 0.717) is 0 Å². The number of hydrogen-bond donors (Lipinski definition) is 1. The topological polar surface area (TPSA) is 75.5 Å². The Bertz CT molecular complexity index is 306. The Hall–Kier alpha value is -0.650. The maximum atomic E-state index is 12.4. The van der Waals surface area contributed by atoms with E-state index >= 15 is 0 Å². The molecular weight excluding hydrogens is 232 g/mol. The van der Waals surface area contributed by atoms with Crippen LogP contribution in [0, 0.1) is 11.8 Å². The minimum atomic E-state index is -0.574. The first kappa shape index (κ1) is 15.4. The second-order valence-corrected chi connectivity index (χ2v) is 6.34. The highest BCUT2D eigenvalue weighted by atomic mass is 16.6. The van der Waals surface area contributed by atoms with Crippen LogP contribution < -0.4 is 5.73 Å². The quantitative estimate of drug-likeness (QED) is 0.758. The van der Waals surface area contributed by atoms with Crippen molar-refractivity contribution in [1.29, 1.82) is 0 Å². The fourth-order valence-corrected chi connectivity index (χ4v) is 2.75. The molecule has 1 saturated heterocycles. The molecule has 105 valence electrons. The van der Waals surface area contributed by atoms with Gasteiger partial charge in [0.25, 0.3) is 0 Å². The molecule has 2 atom stereocenters. The number of nitrogens with two attached hydrogens (primary N) is 1. The van der Waals surface area contributed by atoms with Crippen LogP contribution in [-0.2, 0) is 14.7 Å². The van der Waals surface area contributed by atoms with Crippen molar-refractivity contribution in [3.63, 3.8) is 0 Å². The molecule has 5 nitrogen and oxygen atoms in total. The zero-order valence-electron chi connectivity index (χ0n) is 12.2. The van der Waals surface area contributed by atoms with Crippen molar-refractivity contribution in [2.24, 2.45) is 17.6 Å². The molecule has 1 aliphatic rings. The number of piperidine rings is 1. The van der Waals surface area contributed by atoms with Gasteiger partial charge in [-0.1, -0.05) is 13.8 Å². The third-order valence-electron chi connectivity index (χ3n) is 4.70. The molecule has 2 unspecified atom stereocenters. The number of carbonyl (C=O) groups is 1. The molecule has 0 aliphatic carbocycles. The summed E-state index contributed by atoms with van der Waals surface area (Å²) in [5.41, 5.74) is 4.15. The van der Waals surface area contributed by atoms with E-state index in [-0.39, 0.29) is 24.5 Å². The molecule has 18 heavy (non-hydrogen) atoms. The molecule has 0 spiro atoms. The van der Waals surface area contributed by atoms with Gasteiger partial charge in [0.05, 0.1) is 17.6 Å². The van der Waals surface area contributed by atoms with Crippen molar-refractivity contribution < 1.29 is 14.7 Å². The molecule has 5 heteroatoms. The Morgan fingerprint density at radius 2 is 1.56 bits per heavy atom. The summed E-state index contributed by atoms with van der Waals surface area (Å²) in [4.78, 5) is 11.4. The maximum absolute atomic E-state index is 12.4. The number of carbonyl (C=O) groups excluding carboxylic acids is 1. The van der Waals surface area contributed by atoms with E-state index in [9.17, 15) is 10.0 Å². The average molecular weight is 257 g/mol.